The van der Waals surface area contributed by atoms with Crippen molar-refractivity contribution < 1.29 is 9.32 Å². The third-order valence-electron chi connectivity index (χ3n) is 3.90. The summed E-state index contributed by atoms with van der Waals surface area (Å²) < 4.78 is 5.09. The van der Waals surface area contributed by atoms with E-state index in [2.05, 4.69) is 15.1 Å². The summed E-state index contributed by atoms with van der Waals surface area (Å²) in [5.74, 6) is 0.415. The predicted molar refractivity (Wildman–Crippen MR) is 101 cm³/mol. The first-order chi connectivity index (χ1) is 12.8. The number of halogens is 2. The van der Waals surface area contributed by atoms with Crippen LogP contribution in [0.4, 0.5) is 0 Å². The van der Waals surface area contributed by atoms with Crippen molar-refractivity contribution >= 4 is 29.1 Å². The van der Waals surface area contributed by atoms with E-state index < -0.39 is 11.5 Å². The van der Waals surface area contributed by atoms with Crippen LogP contribution in [0.25, 0.3) is 0 Å². The maximum atomic E-state index is 12.5. The third kappa shape index (κ3) is 4.37. The lowest BCUT2D eigenvalue weighted by molar-refractivity contribution is 0.0770. The molecule has 140 valence electrons. The molecule has 2 aromatic heterocycles. The number of aromatic nitrogens is 3. The van der Waals surface area contributed by atoms with Gasteiger partial charge < -0.3 is 14.4 Å². The van der Waals surface area contributed by atoms with E-state index in [0.717, 1.165) is 0 Å². The Bertz CT molecular complexity index is 1020. The molecule has 1 amide bonds. The highest BCUT2D eigenvalue weighted by Crippen LogP contribution is 2.25. The minimum absolute atomic E-state index is 0.0669. The molecule has 27 heavy (non-hydrogen) atoms. The molecule has 7 nitrogen and oxygen atoms in total. The summed E-state index contributed by atoms with van der Waals surface area (Å²) in [5.41, 5.74) is 0.769. The second-order valence-electron chi connectivity index (χ2n) is 6.05. The largest absolute Gasteiger partial charge is 0.359 e. The van der Waals surface area contributed by atoms with Gasteiger partial charge in [-0.2, -0.15) is 0 Å². The fraction of sp³-hybridized carbons (Fsp3) is 0.222. The molecular weight excluding hydrogens is 391 g/mol. The zero-order chi connectivity index (χ0) is 19.6. The Balaban J connectivity index is 1.78. The van der Waals surface area contributed by atoms with E-state index in [1.165, 1.54) is 11.1 Å². The molecule has 3 aromatic rings. The number of rotatable bonds is 5. The van der Waals surface area contributed by atoms with Crippen LogP contribution in [0.5, 0.6) is 0 Å². The molecule has 0 unspecified atom stereocenters. The van der Waals surface area contributed by atoms with Gasteiger partial charge in [-0.3, -0.25) is 9.59 Å². The molecule has 0 fully saturated rings. The number of hydrogen-bond donors (Lipinski definition) is 1. The van der Waals surface area contributed by atoms with Crippen molar-refractivity contribution in [3.63, 3.8) is 0 Å². The van der Waals surface area contributed by atoms with Gasteiger partial charge in [-0.15, -0.1) is 0 Å². The monoisotopic (exact) mass is 406 g/mol. The van der Waals surface area contributed by atoms with Crippen molar-refractivity contribution in [3.05, 3.63) is 79.3 Å². The van der Waals surface area contributed by atoms with Gasteiger partial charge in [0.1, 0.15) is 11.4 Å². The van der Waals surface area contributed by atoms with Gasteiger partial charge in [0.15, 0.2) is 5.76 Å². The van der Waals surface area contributed by atoms with Gasteiger partial charge in [-0.1, -0.05) is 34.4 Å². The number of nitrogens with zero attached hydrogens (tertiary/aromatic N) is 3. The van der Waals surface area contributed by atoms with Gasteiger partial charge in [0.05, 0.1) is 12.2 Å². The van der Waals surface area contributed by atoms with E-state index >= 15 is 0 Å². The minimum Gasteiger partial charge on any atom is -0.359 e. The van der Waals surface area contributed by atoms with E-state index in [4.69, 9.17) is 27.7 Å². The highest BCUT2D eigenvalue weighted by Gasteiger charge is 2.18. The zero-order valence-electron chi connectivity index (χ0n) is 14.6. The molecule has 2 heterocycles. The quantitative estimate of drug-likeness (QED) is 0.701. The Morgan fingerprint density at radius 3 is 2.59 bits per heavy atom. The maximum Gasteiger partial charge on any atom is 0.263 e. The first-order valence-electron chi connectivity index (χ1n) is 8.04. The van der Waals surface area contributed by atoms with Crippen LogP contribution >= 0.6 is 23.2 Å². The molecule has 0 spiro atoms. The average molecular weight is 407 g/mol. The Hall–Kier alpha value is -2.64. The van der Waals surface area contributed by atoms with E-state index in [1.54, 1.807) is 38.2 Å². The number of hydrogen-bond acceptors (Lipinski definition) is 5. The van der Waals surface area contributed by atoms with Crippen molar-refractivity contribution in [1.29, 1.82) is 0 Å². The smallest absolute Gasteiger partial charge is 0.263 e. The molecule has 0 saturated heterocycles. The number of benzene rings is 1. The molecule has 0 atom stereocenters. The molecule has 0 bridgehead atoms. The highest BCUT2D eigenvalue weighted by molar-refractivity contribution is 6.36. The number of aromatic amines is 1. The first-order valence-corrected chi connectivity index (χ1v) is 8.79. The second kappa shape index (κ2) is 7.94. The van der Waals surface area contributed by atoms with Crippen molar-refractivity contribution in [2.75, 3.05) is 7.05 Å². The summed E-state index contributed by atoms with van der Waals surface area (Å²) in [7, 11) is 1.57. The number of amides is 1. The van der Waals surface area contributed by atoms with Crippen LogP contribution in [-0.2, 0) is 13.0 Å². The topological polar surface area (TPSA) is 92.1 Å². The van der Waals surface area contributed by atoms with Crippen LogP contribution in [-0.4, -0.2) is 33.0 Å². The first kappa shape index (κ1) is 19.1. The molecular formula is C18H16Cl2N4O3. The molecule has 0 aliphatic rings. The van der Waals surface area contributed by atoms with Crippen LogP contribution in [0.15, 0.2) is 39.8 Å². The molecule has 3 rings (SSSR count). The molecule has 9 heteroatoms. The summed E-state index contributed by atoms with van der Waals surface area (Å²) in [5, 5.41) is 4.73. The summed E-state index contributed by atoms with van der Waals surface area (Å²) >= 11 is 12.3. The summed E-state index contributed by atoms with van der Waals surface area (Å²) in [6.07, 6.45) is 1.50. The second-order valence-corrected chi connectivity index (χ2v) is 6.86. The van der Waals surface area contributed by atoms with E-state index in [-0.39, 0.29) is 18.5 Å². The molecule has 0 aliphatic heterocycles. The van der Waals surface area contributed by atoms with Crippen molar-refractivity contribution in [2.24, 2.45) is 0 Å². The highest BCUT2D eigenvalue weighted by atomic mass is 35.5. The molecule has 0 saturated carbocycles. The van der Waals surface area contributed by atoms with Gasteiger partial charge >= 0.3 is 0 Å². The molecule has 0 radical (unpaired) electrons. The lowest BCUT2D eigenvalue weighted by Crippen LogP contribution is -2.32. The van der Waals surface area contributed by atoms with Crippen molar-refractivity contribution in [1.82, 2.24) is 20.0 Å². The Labute approximate surface area is 164 Å². The van der Waals surface area contributed by atoms with Crippen LogP contribution in [0.2, 0.25) is 10.0 Å². The lowest BCUT2D eigenvalue weighted by Gasteiger charge is -2.14. The van der Waals surface area contributed by atoms with E-state index in [9.17, 15) is 9.59 Å². The van der Waals surface area contributed by atoms with Gasteiger partial charge in [0, 0.05) is 35.8 Å². The fourth-order valence-corrected chi connectivity index (χ4v) is 3.08. The average Bonchev–Trinajstić information content (AvgIpc) is 3.02. The van der Waals surface area contributed by atoms with Gasteiger partial charge in [-0.25, -0.2) is 4.98 Å². The van der Waals surface area contributed by atoms with Gasteiger partial charge in [0.2, 0.25) is 0 Å². The van der Waals surface area contributed by atoms with Crippen molar-refractivity contribution in [2.45, 2.75) is 19.9 Å². The zero-order valence-corrected chi connectivity index (χ0v) is 16.1. The minimum atomic E-state index is -0.534. The number of carbonyl (C=O) groups is 1. The van der Waals surface area contributed by atoms with Crippen LogP contribution in [0.1, 0.15) is 33.2 Å². The molecule has 1 aromatic carbocycles. The van der Waals surface area contributed by atoms with E-state index in [1.807, 2.05) is 0 Å². The Morgan fingerprint density at radius 1 is 1.30 bits per heavy atom. The Morgan fingerprint density at radius 2 is 2.00 bits per heavy atom. The standard InChI is InChI=1S/C18H16Cl2N4O3/c1-10-6-11(27-23-10)9-24(2)18(26)13-8-21-16(22-17(13)25)7-12-14(19)4-3-5-15(12)20/h3-6,8H,7,9H2,1-2H3,(H,21,22,25). The van der Waals surface area contributed by atoms with Gasteiger partial charge in [-0.05, 0) is 24.6 Å². The van der Waals surface area contributed by atoms with Gasteiger partial charge in [0.25, 0.3) is 11.5 Å². The fourth-order valence-electron chi connectivity index (χ4n) is 2.54. The van der Waals surface area contributed by atoms with Crippen LogP contribution in [0, 0.1) is 6.92 Å². The Kier molecular flexibility index (Phi) is 5.62. The summed E-state index contributed by atoms with van der Waals surface area (Å²) in [6.45, 7) is 1.98. The van der Waals surface area contributed by atoms with Crippen LogP contribution < -0.4 is 5.56 Å². The summed E-state index contributed by atoms with van der Waals surface area (Å²) in [6, 6.07) is 6.87. The number of nitrogens with one attached hydrogen (secondary N) is 1. The molecule has 1 N–H and O–H groups in total. The normalized spacial score (nSPS) is 10.8. The molecule has 0 aliphatic carbocycles. The van der Waals surface area contributed by atoms with Crippen molar-refractivity contribution in [3.8, 4) is 0 Å². The van der Waals surface area contributed by atoms with E-state index in [0.29, 0.717) is 32.9 Å². The summed E-state index contributed by atoms with van der Waals surface area (Å²) in [4.78, 5) is 33.0. The number of aryl methyl sites for hydroxylation is 1. The number of carbonyl (C=O) groups excluding carboxylic acids is 1. The van der Waals surface area contributed by atoms with Crippen LogP contribution in [0.3, 0.4) is 0 Å². The number of H-pyrrole nitrogens is 1. The predicted octanol–water partition coefficient (Wildman–Crippen LogP) is 3.24. The SMILES string of the molecule is Cc1cc(CN(C)C(=O)c2cnc(Cc3c(Cl)cccc3Cl)[nH]c2=O)on1. The maximum absolute atomic E-state index is 12.5. The third-order valence-corrected chi connectivity index (χ3v) is 4.61. The lowest BCUT2D eigenvalue weighted by atomic mass is 10.1.